The summed E-state index contributed by atoms with van der Waals surface area (Å²) < 4.78 is 0. The van der Waals surface area contributed by atoms with Crippen LogP contribution in [0, 0.1) is 6.92 Å². The molecule has 3 N–H and O–H groups in total. The van der Waals surface area contributed by atoms with E-state index >= 15 is 0 Å². The number of hydrogen-bond acceptors (Lipinski definition) is 2. The van der Waals surface area contributed by atoms with E-state index in [0.29, 0.717) is 6.54 Å². The summed E-state index contributed by atoms with van der Waals surface area (Å²) in [4.78, 5) is 3.30. The van der Waals surface area contributed by atoms with Crippen LogP contribution in [-0.2, 0) is 5.60 Å². The van der Waals surface area contributed by atoms with E-state index in [1.165, 1.54) is 0 Å². The fourth-order valence-electron chi connectivity index (χ4n) is 2.40. The normalized spacial score (nSPS) is 15.2. The van der Waals surface area contributed by atoms with Crippen LogP contribution in [0.3, 0.4) is 0 Å². The van der Waals surface area contributed by atoms with Gasteiger partial charge in [-0.2, -0.15) is 0 Å². The van der Waals surface area contributed by atoms with E-state index in [1.807, 2.05) is 45.2 Å². The topological polar surface area (TPSA) is 48.0 Å². The summed E-state index contributed by atoms with van der Waals surface area (Å²) in [6, 6.07) is 8.06. The number of hydrogen-bond donors (Lipinski definition) is 3. The van der Waals surface area contributed by atoms with E-state index in [1.54, 1.807) is 0 Å². The summed E-state index contributed by atoms with van der Waals surface area (Å²) >= 11 is 0. The van der Waals surface area contributed by atoms with Crippen LogP contribution >= 0.6 is 0 Å². The summed E-state index contributed by atoms with van der Waals surface area (Å²) in [7, 11) is 1.85. The number of aromatic nitrogens is 1. The molecule has 1 atom stereocenters. The molecule has 0 radical (unpaired) electrons. The first-order valence-corrected chi connectivity index (χ1v) is 5.51. The van der Waals surface area contributed by atoms with Crippen LogP contribution in [0.4, 0.5) is 0 Å². The zero-order valence-corrected chi connectivity index (χ0v) is 9.96. The van der Waals surface area contributed by atoms with Crippen LogP contribution in [0.15, 0.2) is 24.3 Å². The molecule has 0 saturated carbocycles. The molecule has 2 rings (SSSR count). The Bertz CT molecular complexity index is 500. The molecule has 0 aliphatic rings. The van der Waals surface area contributed by atoms with E-state index in [9.17, 15) is 5.11 Å². The molecule has 16 heavy (non-hydrogen) atoms. The minimum Gasteiger partial charge on any atom is -0.384 e. The number of aliphatic hydroxyl groups is 1. The predicted octanol–water partition coefficient (Wildman–Crippen LogP) is 1.90. The first-order chi connectivity index (χ1) is 7.56. The third kappa shape index (κ3) is 1.72. The van der Waals surface area contributed by atoms with Crippen LogP contribution in [-0.4, -0.2) is 23.7 Å². The van der Waals surface area contributed by atoms with Crippen LogP contribution in [0.5, 0.6) is 0 Å². The number of benzene rings is 1. The zero-order chi connectivity index (χ0) is 11.8. The maximum Gasteiger partial charge on any atom is 0.101 e. The first-order valence-electron chi connectivity index (χ1n) is 5.51. The van der Waals surface area contributed by atoms with Gasteiger partial charge in [-0.25, -0.2) is 0 Å². The van der Waals surface area contributed by atoms with E-state index in [-0.39, 0.29) is 0 Å². The Hall–Kier alpha value is -1.32. The average molecular weight is 218 g/mol. The fraction of sp³-hybridized carbons (Fsp3) is 0.385. The van der Waals surface area contributed by atoms with E-state index < -0.39 is 5.60 Å². The number of aromatic amines is 1. The number of fused-ring (bicyclic) bond motifs is 1. The van der Waals surface area contributed by atoms with Crippen molar-refractivity contribution in [3.05, 3.63) is 35.5 Å². The Kier molecular flexibility index (Phi) is 2.74. The highest BCUT2D eigenvalue weighted by atomic mass is 16.3. The molecule has 3 nitrogen and oxygen atoms in total. The van der Waals surface area contributed by atoms with Gasteiger partial charge in [-0.1, -0.05) is 18.2 Å². The largest absolute Gasteiger partial charge is 0.384 e. The zero-order valence-electron chi connectivity index (χ0n) is 9.96. The lowest BCUT2D eigenvalue weighted by molar-refractivity contribution is 0.0601. The van der Waals surface area contributed by atoms with Gasteiger partial charge in [0, 0.05) is 28.7 Å². The molecule has 2 aromatic rings. The Labute approximate surface area is 95.5 Å². The summed E-state index contributed by atoms with van der Waals surface area (Å²) in [6.07, 6.45) is 0. The number of para-hydroxylation sites is 1. The third-order valence-corrected chi connectivity index (χ3v) is 2.95. The van der Waals surface area contributed by atoms with Gasteiger partial charge in [-0.3, -0.25) is 0 Å². The van der Waals surface area contributed by atoms with Gasteiger partial charge in [-0.15, -0.1) is 0 Å². The highest BCUT2D eigenvalue weighted by Crippen LogP contribution is 2.31. The standard InChI is InChI=1S/C13H18N2O/c1-9-12(13(2,16)8-14-3)10-6-4-5-7-11(10)15-9/h4-7,14-16H,8H2,1-3H3. The van der Waals surface area contributed by atoms with Gasteiger partial charge in [0.15, 0.2) is 0 Å². The van der Waals surface area contributed by atoms with E-state index in [2.05, 4.69) is 10.3 Å². The molecule has 0 bridgehead atoms. The Morgan fingerprint density at radius 1 is 1.38 bits per heavy atom. The Morgan fingerprint density at radius 3 is 2.75 bits per heavy atom. The van der Waals surface area contributed by atoms with Crippen LogP contribution in [0.25, 0.3) is 10.9 Å². The smallest absolute Gasteiger partial charge is 0.101 e. The molecule has 1 aromatic carbocycles. The Balaban J connectivity index is 2.63. The molecule has 0 saturated heterocycles. The van der Waals surface area contributed by atoms with E-state index in [0.717, 1.165) is 22.2 Å². The first kappa shape index (κ1) is 11.2. The molecule has 1 heterocycles. The highest BCUT2D eigenvalue weighted by molar-refractivity contribution is 5.85. The Morgan fingerprint density at radius 2 is 2.06 bits per heavy atom. The fourth-order valence-corrected chi connectivity index (χ4v) is 2.40. The van der Waals surface area contributed by atoms with Crippen molar-refractivity contribution >= 4 is 10.9 Å². The molecule has 1 aromatic heterocycles. The number of aryl methyl sites for hydroxylation is 1. The number of likely N-dealkylation sites (N-methyl/N-ethyl adjacent to an activating group) is 1. The van der Waals surface area contributed by atoms with Gasteiger partial charge >= 0.3 is 0 Å². The van der Waals surface area contributed by atoms with Crippen molar-refractivity contribution in [1.29, 1.82) is 0 Å². The molecule has 0 aliphatic carbocycles. The van der Waals surface area contributed by atoms with Crippen molar-refractivity contribution in [1.82, 2.24) is 10.3 Å². The average Bonchev–Trinajstić information content (AvgIpc) is 2.53. The second kappa shape index (κ2) is 3.92. The second-order valence-corrected chi connectivity index (χ2v) is 4.47. The van der Waals surface area contributed by atoms with Crippen LogP contribution < -0.4 is 5.32 Å². The minimum absolute atomic E-state index is 0.537. The molecule has 86 valence electrons. The van der Waals surface area contributed by atoms with Crippen molar-refractivity contribution < 1.29 is 5.11 Å². The lowest BCUT2D eigenvalue weighted by Crippen LogP contribution is -2.33. The molecule has 0 aliphatic heterocycles. The lowest BCUT2D eigenvalue weighted by atomic mass is 9.93. The van der Waals surface area contributed by atoms with Gasteiger partial charge < -0.3 is 15.4 Å². The van der Waals surface area contributed by atoms with Crippen molar-refractivity contribution in [2.24, 2.45) is 0 Å². The van der Waals surface area contributed by atoms with Crippen molar-refractivity contribution in [3.8, 4) is 0 Å². The molecule has 0 spiro atoms. The SMILES string of the molecule is CNCC(C)(O)c1c(C)[nH]c2ccccc12. The molecular formula is C13H18N2O. The number of rotatable bonds is 3. The van der Waals surface area contributed by atoms with Gasteiger partial charge in [0.25, 0.3) is 0 Å². The van der Waals surface area contributed by atoms with Gasteiger partial charge in [-0.05, 0) is 27.0 Å². The molecule has 1 unspecified atom stereocenters. The molecule has 3 heteroatoms. The lowest BCUT2D eigenvalue weighted by Gasteiger charge is -2.23. The number of H-pyrrole nitrogens is 1. The van der Waals surface area contributed by atoms with Crippen molar-refractivity contribution in [2.75, 3.05) is 13.6 Å². The van der Waals surface area contributed by atoms with Gasteiger partial charge in [0.2, 0.25) is 0 Å². The predicted molar refractivity (Wildman–Crippen MR) is 66.5 cm³/mol. The second-order valence-electron chi connectivity index (χ2n) is 4.47. The monoisotopic (exact) mass is 218 g/mol. The summed E-state index contributed by atoms with van der Waals surface area (Å²) in [5.41, 5.74) is 2.24. The summed E-state index contributed by atoms with van der Waals surface area (Å²) in [5.74, 6) is 0. The minimum atomic E-state index is -0.849. The van der Waals surface area contributed by atoms with Crippen molar-refractivity contribution in [3.63, 3.8) is 0 Å². The maximum atomic E-state index is 10.5. The highest BCUT2D eigenvalue weighted by Gasteiger charge is 2.27. The molecule has 0 amide bonds. The molecular weight excluding hydrogens is 200 g/mol. The van der Waals surface area contributed by atoms with Gasteiger partial charge in [0.1, 0.15) is 5.60 Å². The summed E-state index contributed by atoms with van der Waals surface area (Å²) in [5, 5.41) is 14.6. The van der Waals surface area contributed by atoms with Crippen LogP contribution in [0.2, 0.25) is 0 Å². The quantitative estimate of drug-likeness (QED) is 0.737. The third-order valence-electron chi connectivity index (χ3n) is 2.95. The van der Waals surface area contributed by atoms with Crippen LogP contribution in [0.1, 0.15) is 18.2 Å². The summed E-state index contributed by atoms with van der Waals surface area (Å²) in [6.45, 7) is 4.38. The number of nitrogens with one attached hydrogen (secondary N) is 2. The maximum absolute atomic E-state index is 10.5. The van der Waals surface area contributed by atoms with Crippen molar-refractivity contribution in [2.45, 2.75) is 19.4 Å². The van der Waals surface area contributed by atoms with E-state index in [4.69, 9.17) is 0 Å². The van der Waals surface area contributed by atoms with Gasteiger partial charge in [0.05, 0.1) is 0 Å². The molecule has 0 fully saturated rings.